The summed E-state index contributed by atoms with van der Waals surface area (Å²) >= 11 is 3.51. The highest BCUT2D eigenvalue weighted by atomic mass is 79.9. The molecule has 5 nitrogen and oxygen atoms in total. The summed E-state index contributed by atoms with van der Waals surface area (Å²) < 4.78 is 6.34. The maximum absolute atomic E-state index is 12.5. The van der Waals surface area contributed by atoms with Crippen molar-refractivity contribution < 1.29 is 14.3 Å². The zero-order valence-corrected chi connectivity index (χ0v) is 17.3. The van der Waals surface area contributed by atoms with Crippen LogP contribution < -0.4 is 5.32 Å². The first kappa shape index (κ1) is 19.4. The Balaban J connectivity index is 1.81. The molecule has 6 heteroatoms. The van der Waals surface area contributed by atoms with Crippen molar-refractivity contribution in [2.45, 2.75) is 39.3 Å². The van der Waals surface area contributed by atoms with Crippen molar-refractivity contribution in [3.63, 3.8) is 0 Å². The van der Waals surface area contributed by atoms with Gasteiger partial charge in [0.25, 0.3) is 5.91 Å². The first-order valence-electron chi connectivity index (χ1n) is 8.88. The molecule has 1 heterocycles. The molecule has 2 amide bonds. The van der Waals surface area contributed by atoms with E-state index in [4.69, 9.17) is 4.74 Å². The Kier molecular flexibility index (Phi) is 5.56. The van der Waals surface area contributed by atoms with Crippen LogP contribution >= 0.6 is 15.9 Å². The predicted molar refractivity (Wildman–Crippen MR) is 109 cm³/mol. The largest absolute Gasteiger partial charge is 0.444 e. The van der Waals surface area contributed by atoms with Crippen LogP contribution in [0.2, 0.25) is 0 Å². The number of ether oxygens (including phenoxy) is 1. The molecule has 1 N–H and O–H groups in total. The van der Waals surface area contributed by atoms with E-state index in [9.17, 15) is 9.59 Å². The molecular weight excluding hydrogens is 408 g/mol. The molecule has 0 aliphatic carbocycles. The van der Waals surface area contributed by atoms with Gasteiger partial charge >= 0.3 is 6.09 Å². The number of nitrogens with zero attached hydrogens (tertiary/aromatic N) is 1. The molecule has 0 atom stereocenters. The van der Waals surface area contributed by atoms with Crippen LogP contribution in [0.15, 0.2) is 46.9 Å². The summed E-state index contributed by atoms with van der Waals surface area (Å²) in [4.78, 5) is 26.6. The van der Waals surface area contributed by atoms with Gasteiger partial charge in [-0.15, -0.1) is 0 Å². The van der Waals surface area contributed by atoms with Gasteiger partial charge in [-0.05, 0) is 62.6 Å². The second-order valence-corrected chi connectivity index (χ2v) is 8.48. The molecule has 0 saturated heterocycles. The zero-order chi connectivity index (χ0) is 19.6. The van der Waals surface area contributed by atoms with E-state index in [-0.39, 0.29) is 12.0 Å². The summed E-state index contributed by atoms with van der Waals surface area (Å²) in [7, 11) is 0. The number of carbonyl (C=O) groups is 2. The van der Waals surface area contributed by atoms with Gasteiger partial charge in [0.1, 0.15) is 5.60 Å². The van der Waals surface area contributed by atoms with Gasteiger partial charge in [0.05, 0.1) is 0 Å². The van der Waals surface area contributed by atoms with Gasteiger partial charge in [0.2, 0.25) is 0 Å². The third-order valence-corrected chi connectivity index (χ3v) is 4.69. The Morgan fingerprint density at radius 2 is 1.85 bits per heavy atom. The number of fused-ring (bicyclic) bond motifs is 1. The fourth-order valence-electron chi connectivity index (χ4n) is 3.04. The normalized spacial score (nSPS) is 13.7. The number of nitrogens with one attached hydrogen (secondary N) is 1. The summed E-state index contributed by atoms with van der Waals surface area (Å²) in [5, 5.41) is 3.01. The summed E-state index contributed by atoms with van der Waals surface area (Å²) in [5.41, 5.74) is 2.92. The first-order chi connectivity index (χ1) is 12.7. The Bertz CT molecular complexity index is 860. The molecule has 142 valence electrons. The molecule has 0 aromatic heterocycles. The maximum atomic E-state index is 12.5. The van der Waals surface area contributed by atoms with Gasteiger partial charge in [0.15, 0.2) is 0 Å². The topological polar surface area (TPSA) is 58.6 Å². The van der Waals surface area contributed by atoms with Crippen LogP contribution in [0.4, 0.5) is 10.5 Å². The van der Waals surface area contributed by atoms with Crippen molar-refractivity contribution in [3.8, 4) is 0 Å². The van der Waals surface area contributed by atoms with E-state index in [1.165, 1.54) is 0 Å². The highest BCUT2D eigenvalue weighted by Crippen LogP contribution is 2.31. The Morgan fingerprint density at radius 1 is 1.15 bits per heavy atom. The van der Waals surface area contributed by atoms with Crippen LogP contribution in [0.1, 0.15) is 42.3 Å². The lowest BCUT2D eigenvalue weighted by Crippen LogP contribution is -2.40. The Morgan fingerprint density at radius 3 is 2.52 bits per heavy atom. The molecule has 2 aromatic carbocycles. The number of carbonyl (C=O) groups excluding carboxylic acids is 2. The Hall–Kier alpha value is -2.34. The molecular formula is C21H23BrN2O3. The minimum Gasteiger partial charge on any atom is -0.444 e. The van der Waals surface area contributed by atoms with Crippen LogP contribution in [0.5, 0.6) is 0 Å². The van der Waals surface area contributed by atoms with Crippen LogP contribution in [-0.4, -0.2) is 29.0 Å². The van der Waals surface area contributed by atoms with Crippen molar-refractivity contribution in [2.75, 3.05) is 11.9 Å². The van der Waals surface area contributed by atoms with E-state index in [0.29, 0.717) is 25.1 Å². The van der Waals surface area contributed by atoms with E-state index in [1.54, 1.807) is 17.0 Å². The van der Waals surface area contributed by atoms with Crippen molar-refractivity contribution in [2.24, 2.45) is 0 Å². The molecule has 27 heavy (non-hydrogen) atoms. The van der Waals surface area contributed by atoms with E-state index in [2.05, 4.69) is 21.2 Å². The fourth-order valence-corrected chi connectivity index (χ4v) is 3.54. The van der Waals surface area contributed by atoms with E-state index in [1.807, 2.05) is 51.1 Å². The van der Waals surface area contributed by atoms with E-state index in [0.717, 1.165) is 21.3 Å². The number of halogens is 1. The second-order valence-electron chi connectivity index (χ2n) is 7.56. The highest BCUT2D eigenvalue weighted by molar-refractivity contribution is 9.10. The molecule has 3 rings (SSSR count). The minimum absolute atomic E-state index is 0.148. The lowest BCUT2D eigenvalue weighted by atomic mass is 9.97. The average Bonchev–Trinajstić information content (AvgIpc) is 2.60. The summed E-state index contributed by atoms with van der Waals surface area (Å²) in [6.07, 6.45) is 0.342. The number of hydrogen-bond donors (Lipinski definition) is 1. The van der Waals surface area contributed by atoms with E-state index >= 15 is 0 Å². The fraction of sp³-hybridized carbons (Fsp3) is 0.333. The molecule has 0 bridgehead atoms. The smallest absolute Gasteiger partial charge is 0.410 e. The number of hydrogen-bond acceptors (Lipinski definition) is 3. The molecule has 2 aromatic rings. The van der Waals surface area contributed by atoms with Gasteiger partial charge in [-0.25, -0.2) is 4.79 Å². The van der Waals surface area contributed by atoms with Crippen LogP contribution in [-0.2, 0) is 17.7 Å². The molecule has 0 saturated carbocycles. The van der Waals surface area contributed by atoms with Crippen molar-refractivity contribution in [1.29, 1.82) is 0 Å². The number of benzene rings is 2. The van der Waals surface area contributed by atoms with Crippen LogP contribution in [0.3, 0.4) is 0 Å². The van der Waals surface area contributed by atoms with Crippen molar-refractivity contribution in [1.82, 2.24) is 4.90 Å². The molecule has 0 fully saturated rings. The maximum Gasteiger partial charge on any atom is 0.410 e. The average molecular weight is 431 g/mol. The summed E-state index contributed by atoms with van der Waals surface area (Å²) in [6, 6.07) is 13.0. The molecule has 0 spiro atoms. The van der Waals surface area contributed by atoms with Gasteiger partial charge < -0.3 is 15.0 Å². The first-order valence-corrected chi connectivity index (χ1v) is 9.68. The standard InChI is InChI=1S/C21H23BrN2O3/c1-21(2,3)27-20(26)24-10-9-17-15(13-24)11-16(22)12-18(17)23-19(25)14-7-5-4-6-8-14/h4-8,11-12H,9-10,13H2,1-3H3,(H,23,25). The van der Waals surface area contributed by atoms with Crippen molar-refractivity contribution >= 4 is 33.6 Å². The number of rotatable bonds is 2. The summed E-state index contributed by atoms with van der Waals surface area (Å²) in [5.74, 6) is -0.148. The number of anilines is 1. The lowest BCUT2D eigenvalue weighted by Gasteiger charge is -2.32. The second kappa shape index (κ2) is 7.72. The SMILES string of the molecule is CC(C)(C)OC(=O)N1CCc2c(cc(Br)cc2NC(=O)c2ccccc2)C1. The van der Waals surface area contributed by atoms with Crippen LogP contribution in [0.25, 0.3) is 0 Å². The quantitative estimate of drug-likeness (QED) is 0.729. The Labute approximate surface area is 167 Å². The van der Waals surface area contributed by atoms with Gasteiger partial charge in [-0.3, -0.25) is 4.79 Å². The molecule has 0 radical (unpaired) electrons. The molecule has 1 aliphatic heterocycles. The van der Waals surface area contributed by atoms with Crippen LogP contribution in [0, 0.1) is 0 Å². The minimum atomic E-state index is -0.524. The van der Waals surface area contributed by atoms with Gasteiger partial charge in [0, 0.05) is 28.8 Å². The summed E-state index contributed by atoms with van der Waals surface area (Å²) in [6.45, 7) is 6.58. The third kappa shape index (κ3) is 4.89. The molecule has 1 aliphatic rings. The van der Waals surface area contributed by atoms with Gasteiger partial charge in [-0.2, -0.15) is 0 Å². The monoisotopic (exact) mass is 430 g/mol. The lowest BCUT2D eigenvalue weighted by molar-refractivity contribution is 0.0224. The zero-order valence-electron chi connectivity index (χ0n) is 15.7. The van der Waals surface area contributed by atoms with E-state index < -0.39 is 5.60 Å². The van der Waals surface area contributed by atoms with Crippen molar-refractivity contribution in [3.05, 3.63) is 63.6 Å². The predicted octanol–water partition coefficient (Wildman–Crippen LogP) is 4.99. The molecule has 0 unspecified atom stereocenters. The highest BCUT2D eigenvalue weighted by Gasteiger charge is 2.27. The third-order valence-electron chi connectivity index (χ3n) is 4.24. The number of amides is 2. The van der Waals surface area contributed by atoms with Gasteiger partial charge in [-0.1, -0.05) is 34.1 Å².